The molecule has 1 atom stereocenters. The van der Waals surface area contributed by atoms with Gasteiger partial charge in [0.2, 0.25) is 0 Å². The summed E-state index contributed by atoms with van der Waals surface area (Å²) in [7, 11) is 1.51. The van der Waals surface area contributed by atoms with Gasteiger partial charge in [-0.25, -0.2) is 4.79 Å². The molecule has 1 unspecified atom stereocenters. The normalized spacial score (nSPS) is 12.3. The molecule has 0 bridgehead atoms. The van der Waals surface area contributed by atoms with Crippen molar-refractivity contribution in [3.05, 3.63) is 60.2 Å². The van der Waals surface area contributed by atoms with Crippen molar-refractivity contribution < 1.29 is 28.9 Å². The van der Waals surface area contributed by atoms with E-state index in [-0.39, 0.29) is 17.5 Å². The van der Waals surface area contributed by atoms with Crippen molar-refractivity contribution in [2.75, 3.05) is 7.11 Å². The van der Waals surface area contributed by atoms with E-state index in [1.54, 1.807) is 58.9 Å². The molecule has 0 saturated carbocycles. The first-order chi connectivity index (χ1) is 14.4. The Labute approximate surface area is 183 Å². The molecule has 0 fully saturated rings. The van der Waals surface area contributed by atoms with Gasteiger partial charge in [-0.15, -0.1) is 0 Å². The Morgan fingerprint density at radius 3 is 2.06 bits per heavy atom. The third-order valence-corrected chi connectivity index (χ3v) is 4.61. The second-order valence-corrected chi connectivity index (χ2v) is 8.28. The zero-order valence-corrected chi connectivity index (χ0v) is 18.9. The van der Waals surface area contributed by atoms with Gasteiger partial charge in [0.1, 0.15) is 5.60 Å². The maximum absolute atomic E-state index is 12.0. The summed E-state index contributed by atoms with van der Waals surface area (Å²) in [6.07, 6.45) is -0.849. The van der Waals surface area contributed by atoms with Gasteiger partial charge in [-0.1, -0.05) is 50.8 Å². The van der Waals surface area contributed by atoms with Gasteiger partial charge >= 0.3 is 11.9 Å². The number of ether oxygens (including phenoxy) is 3. The molecule has 0 aliphatic heterocycles. The highest BCUT2D eigenvalue weighted by atomic mass is 16.6. The topological polar surface area (TPSA) is 82.1 Å². The zero-order valence-electron chi connectivity index (χ0n) is 18.9. The van der Waals surface area contributed by atoms with Crippen LogP contribution in [0.5, 0.6) is 11.5 Å². The molecule has 2 aromatic rings. The monoisotopic (exact) mass is 426 g/mol. The molecule has 0 aliphatic rings. The lowest BCUT2D eigenvalue weighted by Gasteiger charge is -2.29. The molecule has 0 amide bonds. The number of esters is 2. The van der Waals surface area contributed by atoms with E-state index >= 15 is 0 Å². The number of carbonyl (C=O) groups excluding carboxylic acids is 2. The summed E-state index contributed by atoms with van der Waals surface area (Å²) in [5, 5.41) is 10.5. The summed E-state index contributed by atoms with van der Waals surface area (Å²) >= 11 is 0. The van der Waals surface area contributed by atoms with E-state index in [2.05, 4.69) is 6.58 Å². The second kappa shape index (κ2) is 9.79. The number of rotatable bonds is 8. The third kappa shape index (κ3) is 6.18. The van der Waals surface area contributed by atoms with E-state index in [1.807, 2.05) is 18.2 Å². The Balaban J connectivity index is 2.32. The van der Waals surface area contributed by atoms with Gasteiger partial charge in [0.15, 0.2) is 17.6 Å². The van der Waals surface area contributed by atoms with Gasteiger partial charge in [0.25, 0.3) is 0 Å². The van der Waals surface area contributed by atoms with Gasteiger partial charge < -0.3 is 19.3 Å². The molecule has 166 valence electrons. The lowest BCUT2D eigenvalue weighted by Crippen LogP contribution is -2.32. The lowest BCUT2D eigenvalue weighted by atomic mass is 9.93. The smallest absolute Gasteiger partial charge is 0.333 e. The Morgan fingerprint density at radius 1 is 1.00 bits per heavy atom. The first-order valence-electron chi connectivity index (χ1n) is 10.0. The van der Waals surface area contributed by atoms with Crippen LogP contribution in [0.15, 0.2) is 54.6 Å². The number of benzene rings is 2. The number of carbonyl (C=O) groups is 2. The van der Waals surface area contributed by atoms with Gasteiger partial charge in [0, 0.05) is 5.57 Å². The minimum absolute atomic E-state index is 0.250. The van der Waals surface area contributed by atoms with Crippen LogP contribution in [0.4, 0.5) is 0 Å². The van der Waals surface area contributed by atoms with Crippen LogP contribution in [0.2, 0.25) is 0 Å². The highest BCUT2D eigenvalue weighted by Gasteiger charge is 2.32. The van der Waals surface area contributed by atoms with E-state index in [4.69, 9.17) is 14.2 Å². The third-order valence-electron chi connectivity index (χ3n) is 4.61. The molecule has 0 spiro atoms. The average molecular weight is 427 g/mol. The second-order valence-electron chi connectivity index (χ2n) is 8.28. The molecule has 0 saturated heterocycles. The molecule has 6 heteroatoms. The number of hydrogen-bond donors (Lipinski definition) is 1. The average Bonchev–Trinajstić information content (AvgIpc) is 2.71. The number of methoxy groups -OCH3 is 1. The molecule has 0 aromatic heterocycles. The fourth-order valence-electron chi connectivity index (χ4n) is 2.84. The highest BCUT2D eigenvalue weighted by molar-refractivity contribution is 5.87. The van der Waals surface area contributed by atoms with E-state index in [1.165, 1.54) is 7.11 Å². The van der Waals surface area contributed by atoms with Crippen LogP contribution >= 0.6 is 0 Å². The predicted molar refractivity (Wildman–Crippen MR) is 119 cm³/mol. The van der Waals surface area contributed by atoms with Gasteiger partial charge in [-0.3, -0.25) is 4.79 Å². The molecule has 6 nitrogen and oxygen atoms in total. The maximum atomic E-state index is 12.0. The van der Waals surface area contributed by atoms with E-state index in [0.717, 1.165) is 11.1 Å². The van der Waals surface area contributed by atoms with Crippen LogP contribution < -0.4 is 9.47 Å². The van der Waals surface area contributed by atoms with Gasteiger partial charge in [-0.05, 0) is 49.6 Å². The van der Waals surface area contributed by atoms with Crippen LogP contribution in [0.3, 0.4) is 0 Å². The first kappa shape index (κ1) is 24.2. The molecule has 2 rings (SSSR count). The summed E-state index contributed by atoms with van der Waals surface area (Å²) in [5.41, 5.74) is 1.37. The number of aliphatic hydroxyl groups is 1. The SMILES string of the molecule is C=C(C)C(=O)OC(c1ccc(-c2ccc(OC(=O)C(C)C)c(OC)c2)cc1)C(C)(C)O. The van der Waals surface area contributed by atoms with Crippen LogP contribution in [0.1, 0.15) is 46.3 Å². The summed E-state index contributed by atoms with van der Waals surface area (Å²) in [5.74, 6) is -0.347. The fraction of sp³-hybridized carbons (Fsp3) is 0.360. The summed E-state index contributed by atoms with van der Waals surface area (Å²) in [4.78, 5) is 23.9. The largest absolute Gasteiger partial charge is 0.493 e. The fourth-order valence-corrected chi connectivity index (χ4v) is 2.84. The Kier molecular flexibility index (Phi) is 7.63. The molecular formula is C25H30O6. The van der Waals surface area contributed by atoms with Crippen molar-refractivity contribution in [1.82, 2.24) is 0 Å². The van der Waals surface area contributed by atoms with Crippen LogP contribution in [0.25, 0.3) is 11.1 Å². The minimum atomic E-state index is -1.28. The summed E-state index contributed by atoms with van der Waals surface area (Å²) < 4.78 is 16.2. The molecular weight excluding hydrogens is 396 g/mol. The van der Waals surface area contributed by atoms with Crippen LogP contribution in [-0.2, 0) is 14.3 Å². The molecule has 0 radical (unpaired) electrons. The standard InChI is InChI=1S/C25H30O6/c1-15(2)23(26)30-20-13-12-19(14-21(20)29-7)17-8-10-18(11-9-17)22(25(5,6)28)31-24(27)16(3)4/h8-15,22,28H,3H2,1-2,4-7H3. The van der Waals surface area contributed by atoms with Crippen molar-refractivity contribution in [1.29, 1.82) is 0 Å². The van der Waals surface area contributed by atoms with E-state index in [9.17, 15) is 14.7 Å². The molecule has 0 heterocycles. The summed E-state index contributed by atoms with van der Waals surface area (Å²) in [6.45, 7) is 11.8. The highest BCUT2D eigenvalue weighted by Crippen LogP contribution is 2.35. The van der Waals surface area contributed by atoms with Crippen molar-refractivity contribution in [2.45, 2.75) is 46.3 Å². The Morgan fingerprint density at radius 2 is 1.58 bits per heavy atom. The van der Waals surface area contributed by atoms with Crippen molar-refractivity contribution >= 4 is 11.9 Å². The first-order valence-corrected chi connectivity index (χ1v) is 10.0. The maximum Gasteiger partial charge on any atom is 0.333 e. The summed E-state index contributed by atoms with van der Waals surface area (Å²) in [6, 6.07) is 12.6. The van der Waals surface area contributed by atoms with Gasteiger partial charge in [-0.2, -0.15) is 0 Å². The lowest BCUT2D eigenvalue weighted by molar-refractivity contribution is -0.158. The Hall–Kier alpha value is -3.12. The minimum Gasteiger partial charge on any atom is -0.493 e. The van der Waals surface area contributed by atoms with E-state index < -0.39 is 17.7 Å². The molecule has 31 heavy (non-hydrogen) atoms. The molecule has 2 aromatic carbocycles. The molecule has 0 aliphatic carbocycles. The van der Waals surface area contributed by atoms with Crippen LogP contribution in [0, 0.1) is 5.92 Å². The Bertz CT molecular complexity index is 951. The predicted octanol–water partition coefficient (Wildman–Crippen LogP) is 4.85. The van der Waals surface area contributed by atoms with E-state index in [0.29, 0.717) is 17.1 Å². The zero-order chi connectivity index (χ0) is 23.3. The van der Waals surface area contributed by atoms with Crippen LogP contribution in [-0.4, -0.2) is 29.8 Å². The van der Waals surface area contributed by atoms with Crippen molar-refractivity contribution in [3.63, 3.8) is 0 Å². The van der Waals surface area contributed by atoms with Crippen molar-refractivity contribution in [3.8, 4) is 22.6 Å². The van der Waals surface area contributed by atoms with Crippen molar-refractivity contribution in [2.24, 2.45) is 5.92 Å². The number of hydrogen-bond acceptors (Lipinski definition) is 6. The quantitative estimate of drug-likeness (QED) is 0.369. The molecule has 1 N–H and O–H groups in total. The van der Waals surface area contributed by atoms with Gasteiger partial charge in [0.05, 0.1) is 13.0 Å².